The smallest absolute Gasteiger partial charge is 0.268 e. The summed E-state index contributed by atoms with van der Waals surface area (Å²) < 4.78 is 0. The van der Waals surface area contributed by atoms with Gasteiger partial charge in [-0.15, -0.1) is 11.3 Å². The van der Waals surface area contributed by atoms with E-state index in [0.29, 0.717) is 17.8 Å². The van der Waals surface area contributed by atoms with Crippen LogP contribution in [0.1, 0.15) is 49.5 Å². The monoisotopic (exact) mass is 290 g/mol. The van der Waals surface area contributed by atoms with Gasteiger partial charge in [0.2, 0.25) is 0 Å². The molecule has 5 heteroatoms. The minimum Gasteiger partial charge on any atom is -0.354 e. The van der Waals surface area contributed by atoms with Gasteiger partial charge in [-0.1, -0.05) is 0 Å². The van der Waals surface area contributed by atoms with Crippen molar-refractivity contribution in [3.05, 3.63) is 44.4 Å². The van der Waals surface area contributed by atoms with E-state index < -0.39 is 0 Å². The van der Waals surface area contributed by atoms with Gasteiger partial charge < -0.3 is 10.3 Å². The van der Waals surface area contributed by atoms with Crippen LogP contribution < -0.4 is 5.32 Å². The van der Waals surface area contributed by atoms with Gasteiger partial charge >= 0.3 is 0 Å². The van der Waals surface area contributed by atoms with Crippen molar-refractivity contribution in [2.45, 2.75) is 34.2 Å². The molecule has 0 fully saturated rings. The quantitative estimate of drug-likeness (QED) is 0.850. The first-order valence-electron chi connectivity index (χ1n) is 6.43. The highest BCUT2D eigenvalue weighted by Crippen LogP contribution is 2.19. The molecule has 0 spiro atoms. The second-order valence-corrected chi connectivity index (χ2v) is 5.89. The molecule has 2 rings (SSSR count). The van der Waals surface area contributed by atoms with E-state index in [-0.39, 0.29) is 11.7 Å². The number of aromatic amines is 1. The topological polar surface area (TPSA) is 62.0 Å². The molecule has 106 valence electrons. The molecule has 0 saturated carbocycles. The number of ketones is 1. The molecule has 1 amide bonds. The number of Topliss-reactive ketones (excluding diaryl/α,β-unsaturated/α-hetero) is 1. The molecule has 0 unspecified atom stereocenters. The molecule has 20 heavy (non-hydrogen) atoms. The van der Waals surface area contributed by atoms with Crippen LogP contribution in [0.15, 0.2) is 11.4 Å². The van der Waals surface area contributed by atoms with Crippen molar-refractivity contribution in [2.75, 3.05) is 0 Å². The van der Waals surface area contributed by atoms with Gasteiger partial charge in [-0.05, 0) is 50.3 Å². The predicted octanol–water partition coefficient (Wildman–Crippen LogP) is 3.13. The Morgan fingerprint density at radius 3 is 2.50 bits per heavy atom. The standard InChI is InChI=1S/C15H18N2O2S/c1-8-5-6-20-12(8)7-16-15(19)14-9(2)13(11(4)18)10(3)17-14/h5-6,17H,7H2,1-4H3,(H,16,19). The highest BCUT2D eigenvalue weighted by molar-refractivity contribution is 7.10. The Kier molecular flexibility index (Phi) is 4.09. The molecule has 0 aliphatic heterocycles. The average Bonchev–Trinajstić information content (AvgIpc) is 2.90. The fourth-order valence-electron chi connectivity index (χ4n) is 2.34. The number of amides is 1. The maximum Gasteiger partial charge on any atom is 0.268 e. The lowest BCUT2D eigenvalue weighted by Gasteiger charge is -2.04. The van der Waals surface area contributed by atoms with Crippen LogP contribution in [0.2, 0.25) is 0 Å². The number of carbonyl (C=O) groups excluding carboxylic acids is 2. The van der Waals surface area contributed by atoms with Gasteiger partial charge in [-0.3, -0.25) is 9.59 Å². The van der Waals surface area contributed by atoms with Gasteiger partial charge in [0, 0.05) is 16.1 Å². The summed E-state index contributed by atoms with van der Waals surface area (Å²) in [4.78, 5) is 27.9. The van der Waals surface area contributed by atoms with Gasteiger partial charge in [-0.2, -0.15) is 0 Å². The van der Waals surface area contributed by atoms with E-state index in [1.807, 2.05) is 25.3 Å². The van der Waals surface area contributed by atoms with Crippen molar-refractivity contribution in [3.63, 3.8) is 0 Å². The number of hydrogen-bond acceptors (Lipinski definition) is 3. The van der Waals surface area contributed by atoms with Crippen LogP contribution in [0, 0.1) is 20.8 Å². The second-order valence-electron chi connectivity index (χ2n) is 4.89. The molecule has 0 aliphatic carbocycles. The van der Waals surface area contributed by atoms with Crippen LogP contribution in [0.4, 0.5) is 0 Å². The summed E-state index contributed by atoms with van der Waals surface area (Å²) >= 11 is 1.63. The zero-order valence-electron chi connectivity index (χ0n) is 12.1. The van der Waals surface area contributed by atoms with Gasteiger partial charge in [0.1, 0.15) is 5.69 Å². The van der Waals surface area contributed by atoms with E-state index in [4.69, 9.17) is 0 Å². The maximum atomic E-state index is 12.2. The minimum absolute atomic E-state index is 0.0237. The lowest BCUT2D eigenvalue weighted by Crippen LogP contribution is -2.23. The van der Waals surface area contributed by atoms with Gasteiger partial charge in [0.05, 0.1) is 6.54 Å². The van der Waals surface area contributed by atoms with E-state index in [9.17, 15) is 9.59 Å². The number of thiophene rings is 1. The zero-order chi connectivity index (χ0) is 14.9. The number of aromatic nitrogens is 1. The number of aryl methyl sites for hydroxylation is 2. The summed E-state index contributed by atoms with van der Waals surface area (Å²) in [6, 6.07) is 2.03. The van der Waals surface area contributed by atoms with Crippen LogP contribution in [0.25, 0.3) is 0 Å². The Balaban J connectivity index is 2.16. The molecule has 2 N–H and O–H groups in total. The summed E-state index contributed by atoms with van der Waals surface area (Å²) in [5, 5.41) is 4.90. The fraction of sp³-hybridized carbons (Fsp3) is 0.333. The van der Waals surface area contributed by atoms with Crippen LogP contribution in [0.3, 0.4) is 0 Å². The summed E-state index contributed by atoms with van der Waals surface area (Å²) in [5.74, 6) is -0.199. The maximum absolute atomic E-state index is 12.2. The summed E-state index contributed by atoms with van der Waals surface area (Å²) in [5.41, 5.74) is 3.73. The number of hydrogen-bond donors (Lipinski definition) is 2. The second kappa shape index (κ2) is 5.63. The normalized spacial score (nSPS) is 10.6. The van der Waals surface area contributed by atoms with Crippen LogP contribution >= 0.6 is 11.3 Å². The van der Waals surface area contributed by atoms with Crippen molar-refractivity contribution in [1.29, 1.82) is 0 Å². The molecule has 0 bridgehead atoms. The molecule has 0 aliphatic rings. The Labute approximate surface area is 122 Å². The number of nitrogens with one attached hydrogen (secondary N) is 2. The van der Waals surface area contributed by atoms with Crippen molar-refractivity contribution in [1.82, 2.24) is 10.3 Å². The first kappa shape index (κ1) is 14.5. The third-order valence-electron chi connectivity index (χ3n) is 3.39. The summed E-state index contributed by atoms with van der Waals surface area (Å²) in [7, 11) is 0. The lowest BCUT2D eigenvalue weighted by molar-refractivity contribution is 0.0946. The molecule has 2 aromatic heterocycles. The zero-order valence-corrected chi connectivity index (χ0v) is 12.9. The number of rotatable bonds is 4. The van der Waals surface area contributed by atoms with Gasteiger partial charge in [0.15, 0.2) is 5.78 Å². The van der Waals surface area contributed by atoms with Crippen molar-refractivity contribution >= 4 is 23.0 Å². The highest BCUT2D eigenvalue weighted by atomic mass is 32.1. The third kappa shape index (κ3) is 2.67. The number of carbonyl (C=O) groups is 2. The van der Waals surface area contributed by atoms with E-state index in [1.54, 1.807) is 18.3 Å². The first-order chi connectivity index (χ1) is 9.41. The molecular weight excluding hydrogens is 272 g/mol. The number of H-pyrrole nitrogens is 1. The van der Waals surface area contributed by atoms with Crippen molar-refractivity contribution in [3.8, 4) is 0 Å². The fourth-order valence-corrected chi connectivity index (χ4v) is 3.19. The lowest BCUT2D eigenvalue weighted by atomic mass is 10.1. The van der Waals surface area contributed by atoms with Crippen molar-refractivity contribution < 1.29 is 9.59 Å². The Hall–Kier alpha value is -1.88. The Bertz CT molecular complexity index is 667. The first-order valence-corrected chi connectivity index (χ1v) is 7.31. The SMILES string of the molecule is CC(=O)c1c(C)[nH]c(C(=O)NCc2sccc2C)c1C. The average molecular weight is 290 g/mol. The van der Waals surface area contributed by atoms with E-state index in [2.05, 4.69) is 10.3 Å². The highest BCUT2D eigenvalue weighted by Gasteiger charge is 2.19. The molecule has 0 atom stereocenters. The van der Waals surface area contributed by atoms with Gasteiger partial charge in [0.25, 0.3) is 5.91 Å². The van der Waals surface area contributed by atoms with E-state index in [1.165, 1.54) is 12.5 Å². The summed E-state index contributed by atoms with van der Waals surface area (Å²) in [6.07, 6.45) is 0. The molecule has 0 radical (unpaired) electrons. The van der Waals surface area contributed by atoms with Crippen molar-refractivity contribution in [2.24, 2.45) is 0 Å². The van der Waals surface area contributed by atoms with E-state index in [0.717, 1.165) is 16.1 Å². The molecule has 0 aromatic carbocycles. The molecule has 4 nitrogen and oxygen atoms in total. The Morgan fingerprint density at radius 2 is 2.00 bits per heavy atom. The van der Waals surface area contributed by atoms with Crippen LogP contribution in [-0.4, -0.2) is 16.7 Å². The molecule has 2 heterocycles. The van der Waals surface area contributed by atoms with Crippen LogP contribution in [0.5, 0.6) is 0 Å². The molecule has 0 saturated heterocycles. The largest absolute Gasteiger partial charge is 0.354 e. The molecule has 2 aromatic rings. The summed E-state index contributed by atoms with van der Waals surface area (Å²) in [6.45, 7) is 7.65. The molecular formula is C15H18N2O2S. The predicted molar refractivity (Wildman–Crippen MR) is 80.5 cm³/mol. The Morgan fingerprint density at radius 1 is 1.30 bits per heavy atom. The minimum atomic E-state index is -0.175. The van der Waals surface area contributed by atoms with Crippen LogP contribution in [-0.2, 0) is 6.54 Å². The van der Waals surface area contributed by atoms with E-state index >= 15 is 0 Å². The third-order valence-corrected chi connectivity index (χ3v) is 4.42. The van der Waals surface area contributed by atoms with Gasteiger partial charge in [-0.25, -0.2) is 0 Å².